The maximum atomic E-state index is 9.41. The van der Waals surface area contributed by atoms with Gasteiger partial charge in [-0.2, -0.15) is 0 Å². The standard InChI is InChI=1S/C5H5N.C2H6O3S/c1-2-4-6-5-3-1;1-2-5-6(3)4/h1-5H;6H,2H2,1H3. The third-order valence-electron chi connectivity index (χ3n) is 0.801. The van der Waals surface area contributed by atoms with E-state index < -0.39 is 11.0 Å². The predicted octanol–water partition coefficient (Wildman–Crippen LogP) is 0.631. The lowest BCUT2D eigenvalue weighted by molar-refractivity contribution is 0.354. The molecule has 1 rings (SSSR count). The Morgan fingerprint density at radius 3 is 1.92 bits per heavy atom. The van der Waals surface area contributed by atoms with E-state index in [-0.39, 0.29) is 6.61 Å². The van der Waals surface area contributed by atoms with E-state index in [1.165, 1.54) is 0 Å². The Morgan fingerprint density at radius 1 is 1.25 bits per heavy atom. The SMILES string of the molecule is CCO[SH](=O)=O.c1ccncc1. The monoisotopic (exact) mass is 189 g/mol. The quantitative estimate of drug-likeness (QED) is 0.693. The van der Waals surface area contributed by atoms with Crippen molar-refractivity contribution < 1.29 is 12.6 Å². The van der Waals surface area contributed by atoms with Gasteiger partial charge in [0.15, 0.2) is 0 Å². The summed E-state index contributed by atoms with van der Waals surface area (Å²) in [5, 5.41) is 0. The number of thiol groups is 1. The van der Waals surface area contributed by atoms with Crippen LogP contribution in [-0.4, -0.2) is 20.0 Å². The van der Waals surface area contributed by atoms with Crippen molar-refractivity contribution in [3.05, 3.63) is 30.6 Å². The van der Waals surface area contributed by atoms with Gasteiger partial charge in [-0.15, -0.1) is 0 Å². The number of aromatic nitrogens is 1. The molecular formula is C7H11NO3S. The van der Waals surface area contributed by atoms with E-state index in [1.54, 1.807) is 19.3 Å². The van der Waals surface area contributed by atoms with Crippen LogP contribution < -0.4 is 0 Å². The van der Waals surface area contributed by atoms with Crippen LogP contribution in [0.4, 0.5) is 0 Å². The summed E-state index contributed by atoms with van der Waals surface area (Å²) in [7, 11) is -2.60. The van der Waals surface area contributed by atoms with E-state index in [1.807, 2.05) is 18.2 Å². The van der Waals surface area contributed by atoms with Crippen LogP contribution in [0.15, 0.2) is 30.6 Å². The first-order valence-electron chi connectivity index (χ1n) is 3.39. The molecule has 0 aromatic carbocycles. The van der Waals surface area contributed by atoms with E-state index in [4.69, 9.17) is 0 Å². The molecule has 1 heterocycles. The molecule has 0 fully saturated rings. The van der Waals surface area contributed by atoms with Gasteiger partial charge >= 0.3 is 0 Å². The van der Waals surface area contributed by atoms with E-state index >= 15 is 0 Å². The zero-order valence-electron chi connectivity index (χ0n) is 6.71. The number of hydrogen-bond donors (Lipinski definition) is 1. The molecule has 0 atom stereocenters. The third kappa shape index (κ3) is 9.06. The van der Waals surface area contributed by atoms with Crippen molar-refractivity contribution >= 4 is 11.0 Å². The largest absolute Gasteiger partial charge is 0.272 e. The van der Waals surface area contributed by atoms with Gasteiger partial charge in [0, 0.05) is 12.4 Å². The Balaban J connectivity index is 0.000000202. The lowest BCUT2D eigenvalue weighted by atomic mass is 10.5. The van der Waals surface area contributed by atoms with Crippen LogP contribution in [-0.2, 0) is 15.2 Å². The number of rotatable bonds is 2. The highest BCUT2D eigenvalue weighted by molar-refractivity contribution is 7.67. The van der Waals surface area contributed by atoms with Crippen molar-refractivity contribution in [3.8, 4) is 0 Å². The zero-order chi connectivity index (χ0) is 9.23. The molecule has 1 aromatic heterocycles. The molecular weight excluding hydrogens is 178 g/mol. The molecule has 0 spiro atoms. The first kappa shape index (κ1) is 11.1. The molecule has 0 saturated carbocycles. The summed E-state index contributed by atoms with van der Waals surface area (Å²) >= 11 is 0. The minimum absolute atomic E-state index is 0.235. The summed E-state index contributed by atoms with van der Waals surface area (Å²) < 4.78 is 22.8. The summed E-state index contributed by atoms with van der Waals surface area (Å²) in [6.45, 7) is 1.85. The maximum Gasteiger partial charge on any atom is 0.257 e. The minimum atomic E-state index is -2.60. The second kappa shape index (κ2) is 8.16. The van der Waals surface area contributed by atoms with Crippen molar-refractivity contribution in [2.75, 3.05) is 6.61 Å². The van der Waals surface area contributed by atoms with Gasteiger partial charge in [0.05, 0.1) is 6.61 Å². The third-order valence-corrected chi connectivity index (χ3v) is 1.27. The van der Waals surface area contributed by atoms with Crippen LogP contribution >= 0.6 is 0 Å². The van der Waals surface area contributed by atoms with Crippen LogP contribution in [0.25, 0.3) is 0 Å². The summed E-state index contributed by atoms with van der Waals surface area (Å²) in [6.07, 6.45) is 3.50. The fourth-order valence-electron chi connectivity index (χ4n) is 0.418. The molecule has 4 nitrogen and oxygen atoms in total. The summed E-state index contributed by atoms with van der Waals surface area (Å²) in [5.41, 5.74) is 0. The minimum Gasteiger partial charge on any atom is -0.272 e. The molecule has 0 N–H and O–H groups in total. The van der Waals surface area contributed by atoms with Gasteiger partial charge in [-0.1, -0.05) is 6.07 Å². The molecule has 0 saturated heterocycles. The van der Waals surface area contributed by atoms with Crippen molar-refractivity contribution in [2.45, 2.75) is 6.92 Å². The van der Waals surface area contributed by atoms with Crippen LogP contribution in [0, 0.1) is 0 Å². The summed E-state index contributed by atoms with van der Waals surface area (Å²) in [6, 6.07) is 5.72. The van der Waals surface area contributed by atoms with Gasteiger partial charge < -0.3 is 0 Å². The Morgan fingerprint density at radius 2 is 1.83 bits per heavy atom. The molecule has 5 heteroatoms. The fourth-order valence-corrected chi connectivity index (χ4v) is 0.629. The second-order valence-electron chi connectivity index (χ2n) is 1.67. The number of pyridine rings is 1. The number of hydrogen-bond acceptors (Lipinski definition) is 4. The smallest absolute Gasteiger partial charge is 0.257 e. The van der Waals surface area contributed by atoms with E-state index in [0.29, 0.717) is 0 Å². The van der Waals surface area contributed by atoms with Crippen molar-refractivity contribution in [1.29, 1.82) is 0 Å². The molecule has 0 bridgehead atoms. The zero-order valence-corrected chi connectivity index (χ0v) is 7.61. The van der Waals surface area contributed by atoms with E-state index in [0.717, 1.165) is 0 Å². The highest BCUT2D eigenvalue weighted by atomic mass is 32.2. The topological polar surface area (TPSA) is 56.3 Å². The highest BCUT2D eigenvalue weighted by Gasteiger charge is 1.72. The summed E-state index contributed by atoms with van der Waals surface area (Å²) in [5.74, 6) is 0. The Bertz CT molecular complexity index is 213. The van der Waals surface area contributed by atoms with Crippen LogP contribution in [0.5, 0.6) is 0 Å². The first-order chi connectivity index (χ1) is 5.77. The predicted molar refractivity (Wildman–Crippen MR) is 46.2 cm³/mol. The molecule has 68 valence electrons. The molecule has 0 aliphatic carbocycles. The Labute approximate surface area is 73.4 Å². The average molecular weight is 189 g/mol. The van der Waals surface area contributed by atoms with E-state index in [9.17, 15) is 8.42 Å². The lowest BCUT2D eigenvalue weighted by Crippen LogP contribution is -1.83. The van der Waals surface area contributed by atoms with Crippen molar-refractivity contribution in [2.24, 2.45) is 0 Å². The normalized spacial score (nSPS) is 8.83. The average Bonchev–Trinajstić information content (AvgIpc) is 2.08. The molecule has 12 heavy (non-hydrogen) atoms. The van der Waals surface area contributed by atoms with Crippen LogP contribution in [0.2, 0.25) is 0 Å². The summed E-state index contributed by atoms with van der Waals surface area (Å²) in [4.78, 5) is 3.78. The molecule has 0 aliphatic rings. The second-order valence-corrected chi connectivity index (χ2v) is 2.37. The van der Waals surface area contributed by atoms with Gasteiger partial charge in [0.1, 0.15) is 0 Å². The van der Waals surface area contributed by atoms with Crippen molar-refractivity contribution in [3.63, 3.8) is 0 Å². The Kier molecular flexibility index (Phi) is 7.52. The lowest BCUT2D eigenvalue weighted by Gasteiger charge is -1.78. The fraction of sp³-hybridized carbons (Fsp3) is 0.286. The van der Waals surface area contributed by atoms with Gasteiger partial charge in [-0.25, -0.2) is 8.42 Å². The molecule has 1 aromatic rings. The van der Waals surface area contributed by atoms with Gasteiger partial charge in [-0.3, -0.25) is 9.17 Å². The van der Waals surface area contributed by atoms with Gasteiger partial charge in [0.2, 0.25) is 0 Å². The molecule has 0 aliphatic heterocycles. The van der Waals surface area contributed by atoms with Crippen molar-refractivity contribution in [1.82, 2.24) is 4.98 Å². The molecule has 0 radical (unpaired) electrons. The van der Waals surface area contributed by atoms with Crippen LogP contribution in [0.1, 0.15) is 6.92 Å². The Hall–Kier alpha value is -0.940. The highest BCUT2D eigenvalue weighted by Crippen LogP contribution is 1.73. The van der Waals surface area contributed by atoms with Gasteiger partial charge in [0.25, 0.3) is 11.0 Å². The van der Waals surface area contributed by atoms with Crippen LogP contribution in [0.3, 0.4) is 0 Å². The first-order valence-corrected chi connectivity index (χ1v) is 4.49. The van der Waals surface area contributed by atoms with E-state index in [2.05, 4.69) is 9.17 Å². The molecule has 0 amide bonds. The number of nitrogens with zero attached hydrogens (tertiary/aromatic N) is 1. The maximum absolute atomic E-state index is 9.41. The van der Waals surface area contributed by atoms with Gasteiger partial charge in [-0.05, 0) is 19.1 Å². The molecule has 0 unspecified atom stereocenters.